The van der Waals surface area contributed by atoms with Gasteiger partial charge in [0.25, 0.3) is 0 Å². The molecule has 1 aromatic rings. The molecule has 20 heavy (non-hydrogen) atoms. The predicted molar refractivity (Wildman–Crippen MR) is 75.3 cm³/mol. The molecule has 0 amide bonds. The lowest BCUT2D eigenvalue weighted by Crippen LogP contribution is -2.63. The molecule has 0 saturated heterocycles. The predicted octanol–water partition coefficient (Wildman–Crippen LogP) is 1.32. The van der Waals surface area contributed by atoms with E-state index in [0.29, 0.717) is 5.69 Å². The van der Waals surface area contributed by atoms with Gasteiger partial charge in [-0.2, -0.15) is 5.10 Å². The number of nitrogens with zero attached hydrogens (tertiary/aromatic N) is 4. The largest absolute Gasteiger partial charge is 0.310 e. The summed E-state index contributed by atoms with van der Waals surface area (Å²) in [6, 6.07) is 0. The van der Waals surface area contributed by atoms with Gasteiger partial charge < -0.3 is 5.43 Å². The van der Waals surface area contributed by atoms with E-state index in [4.69, 9.17) is 0 Å². The van der Waals surface area contributed by atoms with E-state index in [1.807, 2.05) is 27.7 Å². The van der Waals surface area contributed by atoms with Crippen LogP contribution in [0, 0.1) is 23.0 Å². The minimum Gasteiger partial charge on any atom is -0.310 e. The molecule has 1 atom stereocenters. The summed E-state index contributed by atoms with van der Waals surface area (Å²) >= 11 is 0. The van der Waals surface area contributed by atoms with E-state index < -0.39 is 16.1 Å². The van der Waals surface area contributed by atoms with Gasteiger partial charge in [-0.3, -0.25) is 14.8 Å². The zero-order chi connectivity index (χ0) is 15.1. The van der Waals surface area contributed by atoms with E-state index in [2.05, 4.69) is 20.9 Å². The summed E-state index contributed by atoms with van der Waals surface area (Å²) in [6.45, 7) is 9.64. The van der Waals surface area contributed by atoms with Crippen LogP contribution in [0.5, 0.6) is 0 Å². The molecule has 2 heterocycles. The Morgan fingerprint density at radius 2 is 2.15 bits per heavy atom. The molecule has 1 aliphatic heterocycles. The van der Waals surface area contributed by atoms with E-state index in [-0.39, 0.29) is 11.6 Å². The normalized spacial score (nSPS) is 22.3. The monoisotopic (exact) mass is 280 g/mol. The molecule has 8 nitrogen and oxygen atoms in total. The number of hydrogen-bond donors (Lipinski definition) is 2. The molecule has 0 radical (unpaired) electrons. The van der Waals surface area contributed by atoms with Crippen molar-refractivity contribution in [2.45, 2.75) is 45.8 Å². The van der Waals surface area contributed by atoms with Crippen molar-refractivity contribution >= 4 is 12.0 Å². The third kappa shape index (κ3) is 1.87. The molecule has 2 rings (SSSR count). The van der Waals surface area contributed by atoms with Crippen molar-refractivity contribution in [2.24, 2.45) is 10.9 Å². The van der Waals surface area contributed by atoms with E-state index >= 15 is 0 Å². The molecule has 0 bridgehead atoms. The fourth-order valence-electron chi connectivity index (χ4n) is 2.71. The van der Waals surface area contributed by atoms with Gasteiger partial charge >= 0.3 is 5.69 Å². The van der Waals surface area contributed by atoms with Crippen LogP contribution in [-0.4, -0.2) is 26.7 Å². The van der Waals surface area contributed by atoms with Crippen LogP contribution in [0.3, 0.4) is 0 Å². The Labute approximate surface area is 117 Å². The lowest BCUT2D eigenvalue weighted by atomic mass is 9.80. The first-order chi connectivity index (χ1) is 9.22. The molecule has 0 aliphatic carbocycles. The number of aliphatic imine (C=N–C) groups is 1. The first-order valence-electron chi connectivity index (χ1n) is 6.50. The molecule has 110 valence electrons. The fourth-order valence-corrected chi connectivity index (χ4v) is 2.71. The van der Waals surface area contributed by atoms with Gasteiger partial charge in [0.15, 0.2) is 5.66 Å². The fraction of sp³-hybridized carbons (Fsp3) is 0.667. The zero-order valence-electron chi connectivity index (χ0n) is 12.3. The van der Waals surface area contributed by atoms with Crippen LogP contribution >= 0.6 is 0 Å². The van der Waals surface area contributed by atoms with Crippen LogP contribution in [0.25, 0.3) is 0 Å². The second kappa shape index (κ2) is 4.55. The Hall–Kier alpha value is -1.96. The van der Waals surface area contributed by atoms with E-state index in [1.54, 1.807) is 17.9 Å². The topological polar surface area (TPSA) is 97.4 Å². The van der Waals surface area contributed by atoms with E-state index in [0.717, 1.165) is 0 Å². The van der Waals surface area contributed by atoms with E-state index in [1.165, 1.54) is 6.20 Å². The molecule has 1 aromatic heterocycles. The maximum atomic E-state index is 11.0. The Kier molecular flexibility index (Phi) is 3.29. The van der Waals surface area contributed by atoms with Gasteiger partial charge in [0, 0.05) is 0 Å². The molecule has 0 aromatic carbocycles. The van der Waals surface area contributed by atoms with Gasteiger partial charge in [-0.1, -0.05) is 13.8 Å². The van der Waals surface area contributed by atoms with Gasteiger partial charge in [-0.15, -0.1) is 0 Å². The molecular weight excluding hydrogens is 260 g/mol. The highest BCUT2D eigenvalue weighted by Crippen LogP contribution is 2.38. The van der Waals surface area contributed by atoms with Crippen molar-refractivity contribution in [1.82, 2.24) is 20.6 Å². The quantitative estimate of drug-likeness (QED) is 0.640. The highest BCUT2D eigenvalue weighted by atomic mass is 16.6. The van der Waals surface area contributed by atoms with Crippen LogP contribution in [0.1, 0.15) is 33.4 Å². The summed E-state index contributed by atoms with van der Waals surface area (Å²) in [5.74, 6) is 0.160. The Balaban J connectivity index is 2.51. The smallest absolute Gasteiger partial charge is 0.309 e. The lowest BCUT2D eigenvalue weighted by Gasteiger charge is -2.44. The van der Waals surface area contributed by atoms with Crippen LogP contribution in [-0.2, 0) is 5.54 Å². The first-order valence-corrected chi connectivity index (χ1v) is 6.50. The number of aryl methyl sites for hydroxylation is 1. The second-order valence-electron chi connectivity index (χ2n) is 5.81. The number of hydrazine groups is 1. The number of rotatable bonds is 4. The molecule has 8 heteroatoms. The summed E-state index contributed by atoms with van der Waals surface area (Å²) in [7, 11) is 0. The summed E-state index contributed by atoms with van der Waals surface area (Å²) in [4.78, 5) is 15.1. The minimum atomic E-state index is -0.626. The first kappa shape index (κ1) is 14.4. The van der Waals surface area contributed by atoms with Crippen molar-refractivity contribution in [3.8, 4) is 0 Å². The van der Waals surface area contributed by atoms with Crippen molar-refractivity contribution in [3.05, 3.63) is 22.0 Å². The summed E-state index contributed by atoms with van der Waals surface area (Å²) in [6.07, 6.45) is 3.07. The van der Waals surface area contributed by atoms with Gasteiger partial charge in [0.05, 0.1) is 16.8 Å². The number of nitro groups is 1. The maximum Gasteiger partial charge on any atom is 0.309 e. The molecule has 0 spiro atoms. The van der Waals surface area contributed by atoms with Gasteiger partial charge in [0.1, 0.15) is 11.9 Å². The minimum absolute atomic E-state index is 0.0203. The van der Waals surface area contributed by atoms with Crippen molar-refractivity contribution in [1.29, 1.82) is 0 Å². The summed E-state index contributed by atoms with van der Waals surface area (Å²) in [5.41, 5.74) is 5.27. The third-order valence-electron chi connectivity index (χ3n) is 4.01. The third-order valence-corrected chi connectivity index (χ3v) is 4.01. The maximum absolute atomic E-state index is 11.0. The lowest BCUT2D eigenvalue weighted by molar-refractivity contribution is -0.385. The van der Waals surface area contributed by atoms with Crippen molar-refractivity contribution in [2.75, 3.05) is 0 Å². The summed E-state index contributed by atoms with van der Waals surface area (Å²) < 4.78 is 1.62. The molecular formula is C12H20N6O2. The highest BCUT2D eigenvalue weighted by molar-refractivity contribution is 5.57. The van der Waals surface area contributed by atoms with Crippen LogP contribution < -0.4 is 10.9 Å². The SMILES string of the molecule is Cc1nn(C(C)(C)C2(C(C)C)N=CNN2)cc1[N+](=O)[O-]. The molecule has 1 unspecified atom stereocenters. The van der Waals surface area contributed by atoms with Crippen molar-refractivity contribution in [3.63, 3.8) is 0 Å². The zero-order valence-corrected chi connectivity index (χ0v) is 12.3. The van der Waals surface area contributed by atoms with Crippen molar-refractivity contribution < 1.29 is 4.92 Å². The highest BCUT2D eigenvalue weighted by Gasteiger charge is 2.51. The molecule has 0 fully saturated rings. The molecule has 1 aliphatic rings. The standard InChI is InChI=1S/C12H20N6O2/c1-8(2)12(13-7-14-16-12)11(4,5)17-6-10(18(19)20)9(3)15-17/h6-8,16H,1-5H3,(H,13,14). The van der Waals surface area contributed by atoms with Gasteiger partial charge in [-0.25, -0.2) is 10.4 Å². The Morgan fingerprint density at radius 3 is 2.55 bits per heavy atom. The van der Waals surface area contributed by atoms with Crippen LogP contribution in [0.15, 0.2) is 11.2 Å². The Bertz CT molecular complexity index is 562. The number of aromatic nitrogens is 2. The van der Waals surface area contributed by atoms with E-state index in [9.17, 15) is 10.1 Å². The van der Waals surface area contributed by atoms with Crippen LogP contribution in [0.4, 0.5) is 5.69 Å². The average Bonchev–Trinajstić information content (AvgIpc) is 2.95. The van der Waals surface area contributed by atoms with Gasteiger partial charge in [0.2, 0.25) is 0 Å². The van der Waals surface area contributed by atoms with Crippen LogP contribution in [0.2, 0.25) is 0 Å². The Morgan fingerprint density at radius 1 is 1.50 bits per heavy atom. The second-order valence-corrected chi connectivity index (χ2v) is 5.81. The molecule has 0 saturated carbocycles. The number of nitrogens with one attached hydrogen (secondary N) is 2. The molecule has 2 N–H and O–H groups in total. The average molecular weight is 280 g/mol. The van der Waals surface area contributed by atoms with Gasteiger partial charge in [-0.05, 0) is 26.7 Å². The number of hydrogen-bond acceptors (Lipinski definition) is 6. The summed E-state index contributed by atoms with van der Waals surface area (Å²) in [5, 5.41) is 15.3.